The van der Waals surface area contributed by atoms with E-state index in [2.05, 4.69) is 79.9 Å². The normalized spacial score (nSPS) is 18.0. The molecule has 530 valence electrons. The van der Waals surface area contributed by atoms with E-state index in [0.717, 1.165) is 77.0 Å². The standard InChI is InChI=1S/C80H145NO10/c1-3-5-7-9-11-13-15-16-45-48-52-56-60-64-68-76(85)89-69-65-61-57-53-49-46-43-41-39-37-35-33-31-29-27-25-23-21-19-17-18-20-22-24-26-28-30-32-34-36-38-40-42-44-47-51-55-59-63-67-75(84)81-72(71-90-80-79(88)78(87)77(86)74(70-82)91-80)73(83)66-62-58-54-50-14-12-10-8-6-4-2/h6,8,14-18,21,23,50,62,66,72-74,77-80,82-83,86-88H,3-5,7,9-13,19-20,22,24-49,51-61,63-65,67-71H2,1-2H3,(H,81,84)/b8-6+,16-15-,18-17-,23-21-,50-14+,66-62+. The van der Waals surface area contributed by atoms with Crippen LogP contribution in [0.1, 0.15) is 361 Å². The molecule has 1 heterocycles. The van der Waals surface area contributed by atoms with Gasteiger partial charge in [-0.1, -0.05) is 311 Å². The summed E-state index contributed by atoms with van der Waals surface area (Å²) in [5.41, 5.74) is 0. The molecule has 1 saturated heterocycles. The van der Waals surface area contributed by atoms with Crippen molar-refractivity contribution < 1.29 is 49.3 Å². The van der Waals surface area contributed by atoms with Gasteiger partial charge >= 0.3 is 5.97 Å². The first-order chi connectivity index (χ1) is 44.7. The van der Waals surface area contributed by atoms with Gasteiger partial charge in [0, 0.05) is 12.8 Å². The Morgan fingerprint density at radius 1 is 0.418 bits per heavy atom. The van der Waals surface area contributed by atoms with Crippen LogP contribution in [0.15, 0.2) is 72.9 Å². The fourth-order valence-corrected chi connectivity index (χ4v) is 12.0. The molecule has 11 nitrogen and oxygen atoms in total. The molecule has 0 radical (unpaired) electrons. The van der Waals surface area contributed by atoms with Crippen molar-refractivity contribution in [2.45, 2.75) is 403 Å². The van der Waals surface area contributed by atoms with Crippen LogP contribution < -0.4 is 5.32 Å². The van der Waals surface area contributed by atoms with Crippen LogP contribution in [0.25, 0.3) is 0 Å². The van der Waals surface area contributed by atoms with Gasteiger partial charge in [-0.25, -0.2) is 0 Å². The van der Waals surface area contributed by atoms with E-state index in [1.165, 1.54) is 257 Å². The molecule has 1 aliphatic heterocycles. The number of allylic oxidation sites excluding steroid dienone is 11. The fraction of sp³-hybridized carbons (Fsp3) is 0.825. The van der Waals surface area contributed by atoms with Gasteiger partial charge in [0.25, 0.3) is 0 Å². The van der Waals surface area contributed by atoms with Crippen molar-refractivity contribution in [3.63, 3.8) is 0 Å². The summed E-state index contributed by atoms with van der Waals surface area (Å²) >= 11 is 0. The molecule has 0 bridgehead atoms. The van der Waals surface area contributed by atoms with Gasteiger partial charge in [0.05, 0.1) is 32.0 Å². The number of carbonyl (C=O) groups excluding carboxylic acids is 2. The molecule has 1 fully saturated rings. The Morgan fingerprint density at radius 2 is 0.780 bits per heavy atom. The maximum Gasteiger partial charge on any atom is 0.305 e. The number of unbranched alkanes of at least 4 members (excludes halogenated alkanes) is 44. The Balaban J connectivity index is 1.89. The smallest absolute Gasteiger partial charge is 0.305 e. The van der Waals surface area contributed by atoms with Crippen LogP contribution in [-0.2, 0) is 23.8 Å². The summed E-state index contributed by atoms with van der Waals surface area (Å²) in [6, 6.07) is -0.833. The highest BCUT2D eigenvalue weighted by Crippen LogP contribution is 2.23. The Labute approximate surface area is 560 Å². The average Bonchev–Trinajstić information content (AvgIpc) is 2.82. The van der Waals surface area contributed by atoms with Gasteiger partial charge in [0.15, 0.2) is 6.29 Å². The van der Waals surface area contributed by atoms with E-state index in [4.69, 9.17) is 14.2 Å². The molecule has 7 unspecified atom stereocenters. The lowest BCUT2D eigenvalue weighted by molar-refractivity contribution is -0.302. The quantitative estimate of drug-likeness (QED) is 0.0195. The fourth-order valence-electron chi connectivity index (χ4n) is 12.0. The molecule has 1 rings (SSSR count). The summed E-state index contributed by atoms with van der Waals surface area (Å²) in [6.45, 7) is 4.22. The van der Waals surface area contributed by atoms with Crippen LogP contribution in [0.4, 0.5) is 0 Å². The molecule has 0 spiro atoms. The van der Waals surface area contributed by atoms with Gasteiger partial charge < -0.3 is 45.1 Å². The minimum absolute atomic E-state index is 0.00561. The molecule has 0 saturated carbocycles. The number of hydrogen-bond acceptors (Lipinski definition) is 10. The summed E-state index contributed by atoms with van der Waals surface area (Å²) < 4.78 is 16.7. The van der Waals surface area contributed by atoms with Crippen molar-refractivity contribution in [2.75, 3.05) is 19.8 Å². The highest BCUT2D eigenvalue weighted by atomic mass is 16.7. The summed E-state index contributed by atoms with van der Waals surface area (Å²) in [4.78, 5) is 25.1. The summed E-state index contributed by atoms with van der Waals surface area (Å²) in [7, 11) is 0. The van der Waals surface area contributed by atoms with Gasteiger partial charge in [-0.15, -0.1) is 0 Å². The number of aliphatic hydroxyl groups is 5. The monoisotopic (exact) mass is 1280 g/mol. The first kappa shape index (κ1) is 86.1. The molecule has 0 aromatic carbocycles. The summed E-state index contributed by atoms with van der Waals surface area (Å²) in [6.07, 6.45) is 83.8. The number of hydrogen-bond donors (Lipinski definition) is 6. The van der Waals surface area contributed by atoms with Crippen molar-refractivity contribution in [1.29, 1.82) is 0 Å². The van der Waals surface area contributed by atoms with E-state index in [1.54, 1.807) is 6.08 Å². The van der Waals surface area contributed by atoms with Gasteiger partial charge in [-0.2, -0.15) is 0 Å². The number of carbonyl (C=O) groups is 2. The van der Waals surface area contributed by atoms with Crippen LogP contribution >= 0.6 is 0 Å². The molecular formula is C80H145NO10. The third kappa shape index (κ3) is 57.1. The lowest BCUT2D eigenvalue weighted by atomic mass is 9.99. The van der Waals surface area contributed by atoms with Crippen LogP contribution in [0.2, 0.25) is 0 Å². The number of aliphatic hydroxyl groups excluding tert-OH is 5. The topological polar surface area (TPSA) is 175 Å². The second kappa shape index (κ2) is 68.5. The lowest BCUT2D eigenvalue weighted by Crippen LogP contribution is -2.60. The van der Waals surface area contributed by atoms with Gasteiger partial charge in [-0.3, -0.25) is 9.59 Å². The second-order valence-electron chi connectivity index (χ2n) is 26.6. The van der Waals surface area contributed by atoms with Crippen LogP contribution in [0.3, 0.4) is 0 Å². The first-order valence-electron chi connectivity index (χ1n) is 38.7. The van der Waals surface area contributed by atoms with Crippen LogP contribution in [0, 0.1) is 0 Å². The van der Waals surface area contributed by atoms with E-state index in [1.807, 2.05) is 6.08 Å². The van der Waals surface area contributed by atoms with Gasteiger partial charge in [0.1, 0.15) is 24.4 Å². The zero-order valence-electron chi connectivity index (χ0n) is 59.1. The zero-order valence-corrected chi connectivity index (χ0v) is 59.1. The summed E-state index contributed by atoms with van der Waals surface area (Å²) in [5, 5.41) is 54.3. The van der Waals surface area contributed by atoms with E-state index in [9.17, 15) is 35.1 Å². The molecule has 6 N–H and O–H groups in total. The predicted molar refractivity (Wildman–Crippen MR) is 384 cm³/mol. The molecule has 0 aliphatic carbocycles. The maximum absolute atomic E-state index is 13.0. The first-order valence-corrected chi connectivity index (χ1v) is 38.7. The van der Waals surface area contributed by atoms with Crippen molar-refractivity contribution in [2.24, 2.45) is 0 Å². The average molecular weight is 1280 g/mol. The third-order valence-corrected chi connectivity index (χ3v) is 18.0. The molecule has 1 amide bonds. The Hall–Kier alpha value is -2.90. The molecule has 0 aromatic rings. The maximum atomic E-state index is 13.0. The molecule has 1 aliphatic rings. The molecule has 0 aromatic heterocycles. The predicted octanol–water partition coefficient (Wildman–Crippen LogP) is 20.6. The second-order valence-corrected chi connectivity index (χ2v) is 26.6. The largest absolute Gasteiger partial charge is 0.466 e. The summed E-state index contributed by atoms with van der Waals surface area (Å²) in [5.74, 6) is -0.190. The lowest BCUT2D eigenvalue weighted by Gasteiger charge is -2.40. The van der Waals surface area contributed by atoms with E-state index in [-0.39, 0.29) is 18.5 Å². The third-order valence-electron chi connectivity index (χ3n) is 18.0. The number of amides is 1. The zero-order chi connectivity index (χ0) is 65.8. The molecule has 7 atom stereocenters. The minimum atomic E-state index is -1.58. The number of rotatable bonds is 68. The van der Waals surface area contributed by atoms with Crippen molar-refractivity contribution in [3.05, 3.63) is 72.9 Å². The van der Waals surface area contributed by atoms with Gasteiger partial charge in [0.2, 0.25) is 5.91 Å². The van der Waals surface area contributed by atoms with Crippen LogP contribution in [0.5, 0.6) is 0 Å². The Morgan fingerprint density at radius 3 is 1.21 bits per heavy atom. The van der Waals surface area contributed by atoms with Crippen molar-refractivity contribution in [3.8, 4) is 0 Å². The number of ether oxygens (including phenoxy) is 3. The van der Waals surface area contributed by atoms with E-state index < -0.39 is 49.5 Å². The SMILES string of the molecule is CC/C=C/CC/C=C/CC/C=C/C(O)C(COC1OC(CO)C(O)C(O)C1O)NC(=O)CCCCCCCCCCCCCCCCCCC/C=C\C/C=C\CCCCCCCCCCCCCCCCCOC(=O)CCCCCCC/C=C\CCCCCCC. The highest BCUT2D eigenvalue weighted by molar-refractivity contribution is 5.76. The highest BCUT2D eigenvalue weighted by Gasteiger charge is 2.44. The van der Waals surface area contributed by atoms with E-state index in [0.29, 0.717) is 19.4 Å². The molecular weight excluding hydrogens is 1130 g/mol. The van der Waals surface area contributed by atoms with Crippen LogP contribution in [-0.4, -0.2) is 100 Å². The van der Waals surface area contributed by atoms with Crippen molar-refractivity contribution >= 4 is 11.9 Å². The molecule has 11 heteroatoms. The number of nitrogens with one attached hydrogen (secondary N) is 1. The minimum Gasteiger partial charge on any atom is -0.466 e. The van der Waals surface area contributed by atoms with Crippen molar-refractivity contribution in [1.82, 2.24) is 5.32 Å². The van der Waals surface area contributed by atoms with E-state index >= 15 is 0 Å². The number of esters is 1. The Bertz CT molecular complexity index is 1740. The Kier molecular flexibility index (Phi) is 64.8. The van der Waals surface area contributed by atoms with Gasteiger partial charge in [-0.05, 0) is 109 Å². The molecule has 91 heavy (non-hydrogen) atoms.